The van der Waals surface area contributed by atoms with Crippen molar-refractivity contribution in [2.45, 2.75) is 31.1 Å². The van der Waals surface area contributed by atoms with E-state index in [0.717, 1.165) is 30.4 Å². The molecule has 0 saturated heterocycles. The number of hydrogen-bond acceptors (Lipinski definition) is 3. The predicted octanol–water partition coefficient (Wildman–Crippen LogP) is 1.29. The smallest absolute Gasteiger partial charge is 0.304 e. The van der Waals surface area contributed by atoms with E-state index >= 15 is 0 Å². The molecule has 4 heteroatoms. The van der Waals surface area contributed by atoms with Crippen LogP contribution in [0, 0.1) is 0 Å². The van der Waals surface area contributed by atoms with Crippen molar-refractivity contribution in [2.24, 2.45) is 5.73 Å². The second kappa shape index (κ2) is 3.70. The van der Waals surface area contributed by atoms with Gasteiger partial charge in [-0.1, -0.05) is 0 Å². The van der Waals surface area contributed by atoms with Crippen LogP contribution in [0.4, 0.5) is 0 Å². The minimum atomic E-state index is -0.797. The van der Waals surface area contributed by atoms with Crippen molar-refractivity contribution < 1.29 is 14.3 Å². The molecule has 2 rings (SSSR count). The third-order valence-electron chi connectivity index (χ3n) is 3.30. The van der Waals surface area contributed by atoms with Crippen LogP contribution in [0.2, 0.25) is 0 Å². The van der Waals surface area contributed by atoms with Crippen LogP contribution in [-0.2, 0) is 16.6 Å². The lowest BCUT2D eigenvalue weighted by atomic mass is 9.69. The van der Waals surface area contributed by atoms with E-state index < -0.39 is 11.4 Å². The molecule has 1 aromatic heterocycles. The summed E-state index contributed by atoms with van der Waals surface area (Å²) in [5.41, 5.74) is 7.46. The van der Waals surface area contributed by atoms with Gasteiger partial charge in [-0.15, -0.1) is 0 Å². The van der Waals surface area contributed by atoms with Gasteiger partial charge in [0.05, 0.1) is 18.9 Å². The molecule has 1 atom stereocenters. The first-order valence-corrected chi connectivity index (χ1v) is 5.15. The predicted molar refractivity (Wildman–Crippen MR) is 54.6 cm³/mol. The third-order valence-corrected chi connectivity index (χ3v) is 3.30. The highest BCUT2D eigenvalue weighted by Gasteiger charge is 2.38. The number of carboxylic acids is 1. The Balaban J connectivity index is 2.39. The lowest BCUT2D eigenvalue weighted by Gasteiger charge is -2.34. The van der Waals surface area contributed by atoms with Gasteiger partial charge < -0.3 is 15.3 Å². The summed E-state index contributed by atoms with van der Waals surface area (Å²) < 4.78 is 5.16. The first-order chi connectivity index (χ1) is 7.18. The molecule has 0 saturated carbocycles. The molecule has 0 bridgehead atoms. The second-order valence-electron chi connectivity index (χ2n) is 4.22. The van der Waals surface area contributed by atoms with E-state index in [4.69, 9.17) is 15.3 Å². The Morgan fingerprint density at radius 2 is 2.40 bits per heavy atom. The fourth-order valence-corrected chi connectivity index (χ4v) is 2.49. The summed E-state index contributed by atoms with van der Waals surface area (Å²) in [5.74, 6) is -0.797. The highest BCUT2D eigenvalue weighted by Crippen LogP contribution is 2.39. The molecule has 0 spiro atoms. The Morgan fingerprint density at radius 3 is 3.07 bits per heavy atom. The molecule has 4 nitrogen and oxygen atoms in total. The van der Waals surface area contributed by atoms with E-state index in [2.05, 4.69) is 0 Å². The molecule has 1 heterocycles. The number of fused-ring (bicyclic) bond motifs is 1. The van der Waals surface area contributed by atoms with Crippen molar-refractivity contribution in [1.82, 2.24) is 0 Å². The van der Waals surface area contributed by atoms with Crippen LogP contribution in [0.1, 0.15) is 30.4 Å². The van der Waals surface area contributed by atoms with Crippen LogP contribution in [0.5, 0.6) is 0 Å². The maximum absolute atomic E-state index is 10.9. The van der Waals surface area contributed by atoms with Crippen molar-refractivity contribution in [1.29, 1.82) is 0 Å². The highest BCUT2D eigenvalue weighted by atomic mass is 16.4. The van der Waals surface area contributed by atoms with Crippen molar-refractivity contribution in [3.63, 3.8) is 0 Å². The van der Waals surface area contributed by atoms with Gasteiger partial charge >= 0.3 is 5.97 Å². The molecule has 82 valence electrons. The molecular weight excluding hydrogens is 194 g/mol. The van der Waals surface area contributed by atoms with E-state index in [1.807, 2.05) is 0 Å². The summed E-state index contributed by atoms with van der Waals surface area (Å²) in [6, 6.07) is 0. The van der Waals surface area contributed by atoms with Crippen LogP contribution in [-0.4, -0.2) is 17.6 Å². The molecule has 15 heavy (non-hydrogen) atoms. The molecule has 1 aliphatic carbocycles. The largest absolute Gasteiger partial charge is 0.481 e. The molecule has 0 aromatic carbocycles. The van der Waals surface area contributed by atoms with E-state index in [9.17, 15) is 4.79 Å². The summed E-state index contributed by atoms with van der Waals surface area (Å²) in [5, 5.41) is 8.94. The highest BCUT2D eigenvalue weighted by molar-refractivity contribution is 5.69. The maximum atomic E-state index is 10.9. The van der Waals surface area contributed by atoms with Gasteiger partial charge in [-0.3, -0.25) is 4.79 Å². The van der Waals surface area contributed by atoms with Crippen LogP contribution in [0.25, 0.3) is 0 Å². The lowest BCUT2D eigenvalue weighted by molar-refractivity contribution is -0.138. The maximum Gasteiger partial charge on any atom is 0.304 e. The Bertz CT molecular complexity index is 372. The fraction of sp³-hybridized carbons (Fsp3) is 0.545. The van der Waals surface area contributed by atoms with Gasteiger partial charge in [-0.25, -0.2) is 0 Å². The number of furan rings is 1. The average Bonchev–Trinajstić information content (AvgIpc) is 2.66. The van der Waals surface area contributed by atoms with Crippen LogP contribution < -0.4 is 5.73 Å². The standard InChI is InChI=1S/C11H15NO3/c12-7-11(4-10(13)14)3-1-2-8-5-15-6-9(8)11/h5-6H,1-4,7,12H2,(H,13,14). The van der Waals surface area contributed by atoms with Gasteiger partial charge in [-0.05, 0) is 24.8 Å². The molecule has 1 unspecified atom stereocenters. The van der Waals surface area contributed by atoms with Crippen LogP contribution >= 0.6 is 0 Å². The van der Waals surface area contributed by atoms with Gasteiger partial charge in [0.25, 0.3) is 0 Å². The zero-order valence-corrected chi connectivity index (χ0v) is 8.53. The molecule has 0 fully saturated rings. The molecule has 1 aromatic rings. The summed E-state index contributed by atoms with van der Waals surface area (Å²) in [6.07, 6.45) is 6.24. The minimum Gasteiger partial charge on any atom is -0.481 e. The van der Waals surface area contributed by atoms with Crippen molar-refractivity contribution >= 4 is 5.97 Å². The Labute approximate surface area is 88.1 Å². The van der Waals surface area contributed by atoms with Crippen LogP contribution in [0.3, 0.4) is 0 Å². The second-order valence-corrected chi connectivity index (χ2v) is 4.22. The SMILES string of the molecule is NCC1(CC(=O)O)CCCc2cocc21. The lowest BCUT2D eigenvalue weighted by Crippen LogP contribution is -2.39. The van der Waals surface area contributed by atoms with Gasteiger partial charge in [-0.2, -0.15) is 0 Å². The number of nitrogens with two attached hydrogens (primary N) is 1. The first-order valence-electron chi connectivity index (χ1n) is 5.15. The van der Waals surface area contributed by atoms with Crippen molar-refractivity contribution in [3.8, 4) is 0 Å². The Kier molecular flexibility index (Phi) is 2.52. The van der Waals surface area contributed by atoms with Crippen LogP contribution in [0.15, 0.2) is 16.9 Å². The fourth-order valence-electron chi connectivity index (χ4n) is 2.49. The summed E-state index contributed by atoms with van der Waals surface area (Å²) >= 11 is 0. The summed E-state index contributed by atoms with van der Waals surface area (Å²) in [6.45, 7) is 0.367. The van der Waals surface area contributed by atoms with E-state index in [0.29, 0.717) is 6.54 Å². The Morgan fingerprint density at radius 1 is 1.60 bits per heavy atom. The van der Waals surface area contributed by atoms with Crippen molar-refractivity contribution in [3.05, 3.63) is 23.7 Å². The van der Waals surface area contributed by atoms with E-state index in [1.54, 1.807) is 12.5 Å². The minimum absolute atomic E-state index is 0.0933. The molecule has 0 aliphatic heterocycles. The number of rotatable bonds is 3. The number of carboxylic acid groups (broad SMARTS) is 1. The van der Waals surface area contributed by atoms with Gasteiger partial charge in [0, 0.05) is 17.5 Å². The zero-order chi connectivity index (χ0) is 10.9. The number of aryl methyl sites for hydroxylation is 1. The number of hydrogen-bond donors (Lipinski definition) is 2. The third kappa shape index (κ3) is 1.65. The first kappa shape index (κ1) is 10.2. The van der Waals surface area contributed by atoms with Crippen molar-refractivity contribution in [2.75, 3.05) is 6.54 Å². The summed E-state index contributed by atoms with van der Waals surface area (Å²) in [4.78, 5) is 10.9. The number of aliphatic carboxylic acids is 1. The molecular formula is C11H15NO3. The Hall–Kier alpha value is -1.29. The quantitative estimate of drug-likeness (QED) is 0.786. The van der Waals surface area contributed by atoms with Gasteiger partial charge in [0.2, 0.25) is 0 Å². The molecule has 0 amide bonds. The summed E-state index contributed by atoms with van der Waals surface area (Å²) in [7, 11) is 0. The average molecular weight is 209 g/mol. The van der Waals surface area contributed by atoms with E-state index in [1.165, 1.54) is 0 Å². The zero-order valence-electron chi connectivity index (χ0n) is 8.53. The monoisotopic (exact) mass is 209 g/mol. The van der Waals surface area contributed by atoms with Gasteiger partial charge in [0.15, 0.2) is 0 Å². The molecule has 3 N–H and O–H groups in total. The molecule has 0 radical (unpaired) electrons. The normalized spacial score (nSPS) is 24.9. The van der Waals surface area contributed by atoms with Gasteiger partial charge in [0.1, 0.15) is 0 Å². The topological polar surface area (TPSA) is 76.5 Å². The molecule has 1 aliphatic rings. The number of carbonyl (C=O) groups is 1. The van der Waals surface area contributed by atoms with E-state index in [-0.39, 0.29) is 6.42 Å².